The Morgan fingerprint density at radius 2 is 2.45 bits per heavy atom. The summed E-state index contributed by atoms with van der Waals surface area (Å²) in [4.78, 5) is 16.2. The predicted molar refractivity (Wildman–Crippen MR) is 72.2 cm³/mol. The number of aromatic nitrogens is 3. The van der Waals surface area contributed by atoms with Crippen LogP contribution < -0.4 is 10.9 Å². The van der Waals surface area contributed by atoms with Gasteiger partial charge in [0.15, 0.2) is 0 Å². The third-order valence-electron chi connectivity index (χ3n) is 4.77. The lowest BCUT2D eigenvalue weighted by molar-refractivity contribution is 0.131. The highest BCUT2D eigenvalue weighted by molar-refractivity contribution is 5.53. The average molecular weight is 272 g/mol. The van der Waals surface area contributed by atoms with Crippen molar-refractivity contribution in [2.24, 2.45) is 13.0 Å². The number of hydrogen-bond acceptors (Lipinski definition) is 5. The van der Waals surface area contributed by atoms with Gasteiger partial charge in [0.05, 0.1) is 5.41 Å². The summed E-state index contributed by atoms with van der Waals surface area (Å²) in [5.74, 6) is 1.83. The lowest BCUT2D eigenvalue weighted by atomic mass is 9.62. The Kier molecular flexibility index (Phi) is 2.38. The standard InChI is InChI=1S/C14H16N4O2/c1-18-5-3-9(6-11(18)19)12-16-13(20-17-12)14-4-2-10(14)7-15-8-14/h3,5-6,10,15H,2,4,7-8H2,1H3/t10-,14-/m0/s1. The van der Waals surface area contributed by atoms with Gasteiger partial charge in [-0.05, 0) is 31.4 Å². The fraction of sp³-hybridized carbons (Fsp3) is 0.500. The summed E-state index contributed by atoms with van der Waals surface area (Å²) in [5.41, 5.74) is 0.669. The number of nitrogens with zero attached hydrogens (tertiary/aromatic N) is 3. The van der Waals surface area contributed by atoms with Crippen LogP contribution in [0.3, 0.4) is 0 Å². The number of rotatable bonds is 2. The van der Waals surface area contributed by atoms with Gasteiger partial charge < -0.3 is 14.4 Å². The SMILES string of the molecule is Cn1ccc(-c2noc([C@]34CC[C@H]3CNC4)n2)cc1=O. The summed E-state index contributed by atoms with van der Waals surface area (Å²) in [6, 6.07) is 3.37. The number of aryl methyl sites for hydroxylation is 1. The topological polar surface area (TPSA) is 73.0 Å². The normalized spacial score (nSPS) is 28.1. The summed E-state index contributed by atoms with van der Waals surface area (Å²) in [7, 11) is 1.72. The molecular weight excluding hydrogens is 256 g/mol. The van der Waals surface area contributed by atoms with E-state index < -0.39 is 0 Å². The van der Waals surface area contributed by atoms with Crippen LogP contribution in [0.15, 0.2) is 27.6 Å². The molecule has 2 aromatic rings. The number of hydrogen-bond donors (Lipinski definition) is 1. The molecule has 0 bridgehead atoms. The van der Waals surface area contributed by atoms with Gasteiger partial charge in [-0.15, -0.1) is 0 Å². The van der Waals surface area contributed by atoms with Crippen molar-refractivity contribution in [3.05, 3.63) is 34.6 Å². The van der Waals surface area contributed by atoms with Crippen LogP contribution in [-0.2, 0) is 12.5 Å². The van der Waals surface area contributed by atoms with Gasteiger partial charge in [0.25, 0.3) is 5.56 Å². The van der Waals surface area contributed by atoms with Crippen LogP contribution in [0.25, 0.3) is 11.4 Å². The minimum atomic E-state index is -0.0731. The molecular formula is C14H16N4O2. The molecule has 4 rings (SSSR count). The second kappa shape index (κ2) is 4.02. The van der Waals surface area contributed by atoms with Crippen LogP contribution in [0.5, 0.6) is 0 Å². The molecule has 20 heavy (non-hydrogen) atoms. The Hall–Kier alpha value is -1.95. The largest absolute Gasteiger partial charge is 0.338 e. The molecule has 104 valence electrons. The van der Waals surface area contributed by atoms with Gasteiger partial charge in [0.2, 0.25) is 11.7 Å². The molecule has 1 aliphatic heterocycles. The molecule has 2 fully saturated rings. The summed E-state index contributed by atoms with van der Waals surface area (Å²) in [6.45, 7) is 1.94. The summed E-state index contributed by atoms with van der Waals surface area (Å²) >= 11 is 0. The molecule has 6 nitrogen and oxygen atoms in total. The van der Waals surface area contributed by atoms with Crippen molar-refractivity contribution in [2.75, 3.05) is 13.1 Å². The number of pyridine rings is 1. The maximum Gasteiger partial charge on any atom is 0.250 e. The molecule has 2 atom stereocenters. The Morgan fingerprint density at radius 1 is 1.55 bits per heavy atom. The van der Waals surface area contributed by atoms with Crippen LogP contribution in [0.1, 0.15) is 18.7 Å². The van der Waals surface area contributed by atoms with E-state index in [1.807, 2.05) is 6.07 Å². The van der Waals surface area contributed by atoms with Crippen LogP contribution in [0, 0.1) is 5.92 Å². The van der Waals surface area contributed by atoms with E-state index in [-0.39, 0.29) is 11.0 Å². The first-order valence-electron chi connectivity index (χ1n) is 6.91. The summed E-state index contributed by atoms with van der Waals surface area (Å²) in [5, 5.41) is 7.46. The maximum absolute atomic E-state index is 11.7. The van der Waals surface area contributed by atoms with Crippen LogP contribution in [0.4, 0.5) is 0 Å². The van der Waals surface area contributed by atoms with E-state index in [4.69, 9.17) is 4.52 Å². The fourth-order valence-electron chi connectivity index (χ4n) is 3.28. The van der Waals surface area contributed by atoms with Gasteiger partial charge in [-0.25, -0.2) is 0 Å². The van der Waals surface area contributed by atoms with E-state index in [0.29, 0.717) is 17.3 Å². The Labute approximate surface area is 115 Å². The lowest BCUT2D eigenvalue weighted by Gasteiger charge is -2.40. The van der Waals surface area contributed by atoms with Gasteiger partial charge >= 0.3 is 0 Å². The van der Waals surface area contributed by atoms with Gasteiger partial charge in [-0.1, -0.05) is 5.16 Å². The van der Waals surface area contributed by atoms with E-state index in [0.717, 1.165) is 25.4 Å². The Balaban J connectivity index is 1.71. The van der Waals surface area contributed by atoms with E-state index in [1.54, 1.807) is 13.2 Å². The zero-order valence-corrected chi connectivity index (χ0v) is 11.3. The van der Waals surface area contributed by atoms with E-state index in [2.05, 4.69) is 15.5 Å². The first kappa shape index (κ1) is 11.8. The van der Waals surface area contributed by atoms with Gasteiger partial charge in [-0.3, -0.25) is 4.79 Å². The maximum atomic E-state index is 11.7. The molecule has 0 amide bonds. The second-order valence-corrected chi connectivity index (χ2v) is 5.81. The summed E-state index contributed by atoms with van der Waals surface area (Å²) in [6.07, 6.45) is 4.04. The fourth-order valence-corrected chi connectivity index (χ4v) is 3.28. The second-order valence-electron chi connectivity index (χ2n) is 5.81. The van der Waals surface area contributed by atoms with Crippen LogP contribution in [0.2, 0.25) is 0 Å². The zero-order chi connectivity index (χ0) is 13.7. The molecule has 1 saturated heterocycles. The number of fused-ring (bicyclic) bond motifs is 1. The van der Waals surface area contributed by atoms with Gasteiger partial charge in [0.1, 0.15) is 0 Å². The minimum absolute atomic E-state index is 0.0327. The molecule has 1 saturated carbocycles. The minimum Gasteiger partial charge on any atom is -0.338 e. The molecule has 2 aliphatic rings. The van der Waals surface area contributed by atoms with E-state index >= 15 is 0 Å². The first-order chi connectivity index (χ1) is 9.69. The van der Waals surface area contributed by atoms with Crippen molar-refractivity contribution in [1.29, 1.82) is 0 Å². The molecule has 1 aliphatic carbocycles. The smallest absolute Gasteiger partial charge is 0.250 e. The molecule has 0 unspecified atom stereocenters. The van der Waals surface area contributed by atoms with Crippen molar-refractivity contribution in [1.82, 2.24) is 20.0 Å². The van der Waals surface area contributed by atoms with Crippen molar-refractivity contribution < 1.29 is 4.52 Å². The first-order valence-corrected chi connectivity index (χ1v) is 6.91. The van der Waals surface area contributed by atoms with Crippen LogP contribution in [-0.4, -0.2) is 27.8 Å². The van der Waals surface area contributed by atoms with E-state index in [1.165, 1.54) is 17.1 Å². The van der Waals surface area contributed by atoms with Gasteiger partial charge in [-0.2, -0.15) is 4.98 Å². The molecule has 1 N–H and O–H groups in total. The molecule has 0 spiro atoms. The third kappa shape index (κ3) is 1.51. The van der Waals surface area contributed by atoms with Crippen molar-refractivity contribution in [3.63, 3.8) is 0 Å². The van der Waals surface area contributed by atoms with E-state index in [9.17, 15) is 4.79 Å². The molecule has 3 heterocycles. The Morgan fingerprint density at radius 3 is 3.15 bits per heavy atom. The molecule has 6 heteroatoms. The zero-order valence-electron chi connectivity index (χ0n) is 11.3. The Bertz CT molecular complexity index is 720. The van der Waals surface area contributed by atoms with Crippen molar-refractivity contribution >= 4 is 0 Å². The molecule has 0 radical (unpaired) electrons. The highest BCUT2D eigenvalue weighted by Crippen LogP contribution is 2.50. The monoisotopic (exact) mass is 272 g/mol. The van der Waals surface area contributed by atoms with Gasteiger partial charge in [0, 0.05) is 31.4 Å². The third-order valence-corrected chi connectivity index (χ3v) is 4.77. The lowest BCUT2D eigenvalue weighted by Crippen LogP contribution is -2.43. The van der Waals surface area contributed by atoms with Crippen LogP contribution >= 0.6 is 0 Å². The average Bonchev–Trinajstić information content (AvgIpc) is 3.00. The predicted octanol–water partition coefficient (Wildman–Crippen LogP) is 0.686. The number of nitrogens with one attached hydrogen (secondary N) is 1. The van der Waals surface area contributed by atoms with Crippen molar-refractivity contribution in [3.8, 4) is 11.4 Å². The summed E-state index contributed by atoms with van der Waals surface area (Å²) < 4.78 is 7.01. The van der Waals surface area contributed by atoms with Crippen molar-refractivity contribution in [2.45, 2.75) is 18.3 Å². The highest BCUT2D eigenvalue weighted by Gasteiger charge is 2.54. The highest BCUT2D eigenvalue weighted by atomic mass is 16.5. The quantitative estimate of drug-likeness (QED) is 0.870. The molecule has 0 aromatic carbocycles. The molecule has 2 aromatic heterocycles.